The maximum absolute atomic E-state index is 11.2. The van der Waals surface area contributed by atoms with E-state index in [4.69, 9.17) is 0 Å². The lowest BCUT2D eigenvalue weighted by Gasteiger charge is -1.95. The van der Waals surface area contributed by atoms with Gasteiger partial charge in [0, 0.05) is 18.0 Å². The maximum Gasteiger partial charge on any atom is 0.268 e. The van der Waals surface area contributed by atoms with Crippen LogP contribution in [0, 0.1) is 6.92 Å². The number of nitrogens with zero attached hydrogens (tertiary/aromatic N) is 4. The van der Waals surface area contributed by atoms with Gasteiger partial charge in [0.15, 0.2) is 0 Å². The molecule has 2 aromatic rings. The van der Waals surface area contributed by atoms with Crippen LogP contribution in [0.15, 0.2) is 11.2 Å². The molecule has 0 spiro atoms. The fourth-order valence-electron chi connectivity index (χ4n) is 1.11. The largest absolute Gasteiger partial charge is 0.493 e. The zero-order chi connectivity index (χ0) is 11.2. The van der Waals surface area contributed by atoms with E-state index in [0.717, 1.165) is 10.8 Å². The molecule has 0 bridgehead atoms. The first kappa shape index (κ1) is 9.84. The lowest BCUT2D eigenvalue weighted by Crippen LogP contribution is -1.99. The van der Waals surface area contributed by atoms with Crippen molar-refractivity contribution in [1.29, 1.82) is 0 Å². The zero-order valence-corrected chi connectivity index (χ0v) is 8.85. The predicted octanol–water partition coefficient (Wildman–Crippen LogP) is -0.458. The van der Waals surface area contributed by atoms with Crippen molar-refractivity contribution in [2.24, 2.45) is 0 Å². The third-order valence-electron chi connectivity index (χ3n) is 1.73. The van der Waals surface area contributed by atoms with Crippen molar-refractivity contribution in [3.05, 3.63) is 11.8 Å². The highest BCUT2D eigenvalue weighted by Gasteiger charge is 2.16. The molecule has 0 radical (unpaired) electrons. The first-order valence-corrected chi connectivity index (χ1v) is 5.90. The lowest BCUT2D eigenvalue weighted by molar-refractivity contribution is 0.433. The summed E-state index contributed by atoms with van der Waals surface area (Å²) in [4.78, 5) is 7.63. The molecule has 2 heterocycles. The monoisotopic (exact) mass is 228 g/mol. The van der Waals surface area contributed by atoms with E-state index in [1.165, 1.54) is 6.07 Å². The molecule has 0 unspecified atom stereocenters. The van der Waals surface area contributed by atoms with E-state index >= 15 is 0 Å². The Bertz CT molecular complexity index is 631. The van der Waals surface area contributed by atoms with Gasteiger partial charge in [0.2, 0.25) is 15.7 Å². The van der Waals surface area contributed by atoms with Gasteiger partial charge in [-0.15, -0.1) is 5.10 Å². The van der Waals surface area contributed by atoms with Crippen LogP contribution in [0.5, 0.6) is 5.88 Å². The summed E-state index contributed by atoms with van der Waals surface area (Å²) in [6.45, 7) is 1.66. The third-order valence-corrected chi connectivity index (χ3v) is 2.57. The smallest absolute Gasteiger partial charge is 0.268 e. The number of fused-ring (bicyclic) bond motifs is 1. The molecular formula is C7H8N4O3S. The molecule has 0 aliphatic heterocycles. The van der Waals surface area contributed by atoms with Crippen LogP contribution < -0.4 is 0 Å². The topological polar surface area (TPSA) is 97.5 Å². The first-order valence-electron chi connectivity index (χ1n) is 4.01. The summed E-state index contributed by atoms with van der Waals surface area (Å²) in [6.07, 6.45) is 0.992. The second-order valence-corrected chi connectivity index (χ2v) is 5.04. The van der Waals surface area contributed by atoms with Gasteiger partial charge in [-0.25, -0.2) is 13.4 Å². The van der Waals surface area contributed by atoms with Crippen LogP contribution in [0.2, 0.25) is 0 Å². The van der Waals surface area contributed by atoms with Crippen molar-refractivity contribution >= 4 is 15.6 Å². The van der Waals surface area contributed by atoms with Crippen LogP contribution in [0.25, 0.3) is 5.78 Å². The minimum atomic E-state index is -3.49. The Balaban J connectivity index is 2.82. The Morgan fingerprint density at radius 3 is 2.67 bits per heavy atom. The van der Waals surface area contributed by atoms with Crippen LogP contribution in [-0.2, 0) is 9.84 Å². The Hall–Kier alpha value is -1.70. The van der Waals surface area contributed by atoms with Crippen LogP contribution in [0.3, 0.4) is 0 Å². The molecule has 15 heavy (non-hydrogen) atoms. The zero-order valence-electron chi connectivity index (χ0n) is 8.04. The van der Waals surface area contributed by atoms with Gasteiger partial charge in [-0.2, -0.15) is 9.50 Å². The molecule has 0 fully saturated rings. The fraction of sp³-hybridized carbons (Fsp3) is 0.286. The van der Waals surface area contributed by atoms with E-state index in [0.29, 0.717) is 5.69 Å². The third kappa shape index (κ3) is 1.63. The number of aromatic nitrogens is 4. The van der Waals surface area contributed by atoms with Crippen molar-refractivity contribution in [2.75, 3.05) is 6.26 Å². The minimum absolute atomic E-state index is 0.0629. The van der Waals surface area contributed by atoms with Crippen LogP contribution in [0.4, 0.5) is 0 Å². The van der Waals surface area contributed by atoms with E-state index in [2.05, 4.69) is 15.1 Å². The number of sulfone groups is 1. The molecule has 0 atom stereocenters. The summed E-state index contributed by atoms with van der Waals surface area (Å²) in [7, 11) is -3.49. The second kappa shape index (κ2) is 2.89. The fourth-order valence-corrected chi connectivity index (χ4v) is 1.58. The molecule has 0 aromatic carbocycles. The highest BCUT2D eigenvalue weighted by atomic mass is 32.2. The Kier molecular flexibility index (Phi) is 1.90. The van der Waals surface area contributed by atoms with E-state index in [-0.39, 0.29) is 16.8 Å². The van der Waals surface area contributed by atoms with Crippen LogP contribution >= 0.6 is 0 Å². The number of rotatable bonds is 1. The molecule has 80 valence electrons. The molecule has 0 saturated carbocycles. The molecule has 0 amide bonds. The van der Waals surface area contributed by atoms with Gasteiger partial charge in [-0.1, -0.05) is 0 Å². The van der Waals surface area contributed by atoms with Gasteiger partial charge >= 0.3 is 0 Å². The van der Waals surface area contributed by atoms with E-state index in [1.807, 2.05) is 0 Å². The molecule has 2 aromatic heterocycles. The average Bonchev–Trinajstić information content (AvgIpc) is 2.46. The van der Waals surface area contributed by atoms with Gasteiger partial charge in [-0.05, 0) is 6.92 Å². The summed E-state index contributed by atoms with van der Waals surface area (Å²) < 4.78 is 23.3. The normalized spacial score (nSPS) is 12.1. The molecule has 8 heteroatoms. The Labute approximate surface area is 85.3 Å². The minimum Gasteiger partial charge on any atom is -0.493 e. The summed E-state index contributed by atoms with van der Waals surface area (Å²) in [5.74, 6) is -0.132. The van der Waals surface area contributed by atoms with Crippen molar-refractivity contribution in [2.45, 2.75) is 12.1 Å². The molecular weight excluding hydrogens is 220 g/mol. The quantitative estimate of drug-likeness (QED) is 0.709. The first-order chi connectivity index (χ1) is 6.88. The summed E-state index contributed by atoms with van der Waals surface area (Å²) in [5, 5.41) is 12.7. The van der Waals surface area contributed by atoms with E-state index in [9.17, 15) is 13.5 Å². The number of aryl methyl sites for hydroxylation is 1. The Morgan fingerprint density at radius 1 is 1.40 bits per heavy atom. The number of hydrogen-bond acceptors (Lipinski definition) is 6. The number of aromatic hydroxyl groups is 1. The number of hydrogen-bond donors (Lipinski definition) is 1. The van der Waals surface area contributed by atoms with Crippen molar-refractivity contribution < 1.29 is 13.5 Å². The molecule has 0 aliphatic rings. The van der Waals surface area contributed by atoms with Gasteiger partial charge < -0.3 is 5.11 Å². The van der Waals surface area contributed by atoms with E-state index < -0.39 is 9.84 Å². The van der Waals surface area contributed by atoms with E-state index in [1.54, 1.807) is 6.92 Å². The summed E-state index contributed by atoms with van der Waals surface area (Å²) >= 11 is 0. The molecule has 0 saturated heterocycles. The van der Waals surface area contributed by atoms with Gasteiger partial charge in [0.25, 0.3) is 10.9 Å². The van der Waals surface area contributed by atoms with Gasteiger partial charge in [0.05, 0.1) is 0 Å². The SMILES string of the molecule is Cc1cc(O)n2nc(S(C)(=O)=O)nc2n1. The molecule has 1 N–H and O–H groups in total. The van der Waals surface area contributed by atoms with Crippen LogP contribution in [0.1, 0.15) is 5.69 Å². The standard InChI is InChI=1S/C7H8N4O3S/c1-4-3-5(12)11-6(8-4)9-7(10-11)15(2,13)14/h3,12H,1-2H3. The van der Waals surface area contributed by atoms with Crippen molar-refractivity contribution in [3.8, 4) is 5.88 Å². The van der Waals surface area contributed by atoms with Crippen molar-refractivity contribution in [1.82, 2.24) is 19.6 Å². The predicted molar refractivity (Wildman–Crippen MR) is 50.3 cm³/mol. The molecule has 7 nitrogen and oxygen atoms in total. The lowest BCUT2D eigenvalue weighted by atomic mass is 10.4. The second-order valence-electron chi connectivity index (χ2n) is 3.13. The summed E-state index contributed by atoms with van der Waals surface area (Å²) in [5.41, 5.74) is 0.535. The maximum atomic E-state index is 11.2. The summed E-state index contributed by atoms with van der Waals surface area (Å²) in [6, 6.07) is 1.37. The van der Waals surface area contributed by atoms with Gasteiger partial charge in [-0.3, -0.25) is 0 Å². The molecule has 0 aliphatic carbocycles. The molecule has 2 rings (SSSR count). The van der Waals surface area contributed by atoms with Crippen LogP contribution in [-0.4, -0.2) is 39.4 Å². The highest BCUT2D eigenvalue weighted by molar-refractivity contribution is 7.90. The average molecular weight is 228 g/mol. The van der Waals surface area contributed by atoms with Gasteiger partial charge in [0.1, 0.15) is 0 Å². The highest BCUT2D eigenvalue weighted by Crippen LogP contribution is 2.13. The van der Waals surface area contributed by atoms with Crippen molar-refractivity contribution in [3.63, 3.8) is 0 Å². The Morgan fingerprint density at radius 2 is 2.07 bits per heavy atom.